The van der Waals surface area contributed by atoms with Crippen LogP contribution in [0, 0.1) is 0 Å². The van der Waals surface area contributed by atoms with E-state index in [2.05, 4.69) is 10.6 Å². The van der Waals surface area contributed by atoms with Gasteiger partial charge in [0.15, 0.2) is 0 Å². The molecule has 0 unspecified atom stereocenters. The zero-order valence-corrected chi connectivity index (χ0v) is 18.6. The van der Waals surface area contributed by atoms with Crippen molar-refractivity contribution in [2.45, 2.75) is 44.7 Å². The Balaban J connectivity index is 1.64. The molecule has 2 heterocycles. The van der Waals surface area contributed by atoms with Crippen LogP contribution in [-0.4, -0.2) is 59.5 Å². The van der Waals surface area contributed by atoms with Gasteiger partial charge in [-0.15, -0.1) is 0 Å². The second-order valence-corrected chi connectivity index (χ2v) is 8.36. The number of amides is 5. The van der Waals surface area contributed by atoms with Gasteiger partial charge in [0.1, 0.15) is 12.1 Å². The third-order valence-electron chi connectivity index (χ3n) is 6.13. The molecule has 1 saturated carbocycles. The Bertz CT molecular complexity index is 1110. The number of fused-ring (bicyclic) bond motifs is 1. The normalized spacial score (nSPS) is 18.8. The maximum atomic E-state index is 13.2. The molecule has 0 bridgehead atoms. The van der Waals surface area contributed by atoms with Crippen molar-refractivity contribution in [2.75, 3.05) is 20.3 Å². The number of carbonyl (C=O) groups excluding carboxylic acids is 4. The van der Waals surface area contributed by atoms with E-state index >= 15 is 0 Å². The van der Waals surface area contributed by atoms with Gasteiger partial charge in [-0.2, -0.15) is 0 Å². The molecule has 0 spiro atoms. The van der Waals surface area contributed by atoms with E-state index in [1.54, 1.807) is 17.9 Å². The maximum absolute atomic E-state index is 13.2. The maximum Gasteiger partial charge on any atom is 0.331 e. The fourth-order valence-corrected chi connectivity index (χ4v) is 4.52. The quantitative estimate of drug-likeness (QED) is 0.380. The van der Waals surface area contributed by atoms with Crippen molar-refractivity contribution in [3.8, 4) is 0 Å². The lowest BCUT2D eigenvalue weighted by molar-refractivity contribution is -0.132. The lowest BCUT2D eigenvalue weighted by Gasteiger charge is -2.35. The van der Waals surface area contributed by atoms with Crippen LogP contribution >= 0.6 is 0 Å². The molecule has 33 heavy (non-hydrogen) atoms. The Morgan fingerprint density at radius 1 is 1.18 bits per heavy atom. The highest BCUT2D eigenvalue weighted by atomic mass is 16.5. The molecule has 2 aliphatic rings. The number of ether oxygens (including phenoxy) is 1. The van der Waals surface area contributed by atoms with Gasteiger partial charge in [0, 0.05) is 42.4 Å². The van der Waals surface area contributed by atoms with Crippen LogP contribution in [0.15, 0.2) is 36.0 Å². The molecule has 1 aromatic carbocycles. The Kier molecular flexibility index (Phi) is 6.88. The average molecular weight is 453 g/mol. The number of imide groups is 2. The van der Waals surface area contributed by atoms with Gasteiger partial charge >= 0.3 is 6.03 Å². The second kappa shape index (κ2) is 9.99. The summed E-state index contributed by atoms with van der Waals surface area (Å²) in [5.41, 5.74) is 1.36. The summed E-state index contributed by atoms with van der Waals surface area (Å²) in [5.74, 6) is -1.44. The summed E-state index contributed by atoms with van der Waals surface area (Å²) in [6, 6.07) is 6.62. The standard InChI is InChI=1S/C24H28N4O5/c1-33-12-11-25-21(29)15-27-14-16(18-9-5-6-10-20(18)27)13-19-22(30)26-24(32)28(23(19)31)17-7-3-2-4-8-17/h5-6,9-10,13-14,17H,2-4,7-8,11-12,15H2,1H3,(H,25,29)(H,26,30,32). The molecule has 1 aliphatic carbocycles. The molecule has 9 nitrogen and oxygen atoms in total. The minimum absolute atomic E-state index is 0.0763. The third-order valence-corrected chi connectivity index (χ3v) is 6.13. The number of aromatic nitrogens is 1. The predicted molar refractivity (Wildman–Crippen MR) is 122 cm³/mol. The smallest absolute Gasteiger partial charge is 0.331 e. The molecule has 1 aromatic heterocycles. The van der Waals surface area contributed by atoms with Gasteiger partial charge in [-0.05, 0) is 25.0 Å². The molecule has 2 aromatic rings. The number of benzene rings is 1. The molecule has 2 N–H and O–H groups in total. The molecule has 174 valence electrons. The molecule has 1 saturated heterocycles. The molecule has 0 radical (unpaired) electrons. The minimum Gasteiger partial charge on any atom is -0.383 e. The number of urea groups is 1. The van der Waals surface area contributed by atoms with Crippen LogP contribution in [0.2, 0.25) is 0 Å². The van der Waals surface area contributed by atoms with Crippen molar-refractivity contribution in [1.29, 1.82) is 0 Å². The number of hydrogen-bond acceptors (Lipinski definition) is 5. The van der Waals surface area contributed by atoms with Gasteiger partial charge in [-0.3, -0.25) is 24.6 Å². The van der Waals surface area contributed by atoms with Crippen LogP contribution in [0.4, 0.5) is 4.79 Å². The minimum atomic E-state index is -0.703. The average Bonchev–Trinajstić information content (AvgIpc) is 3.14. The van der Waals surface area contributed by atoms with Gasteiger partial charge in [-0.1, -0.05) is 37.5 Å². The van der Waals surface area contributed by atoms with Crippen LogP contribution in [0.1, 0.15) is 37.7 Å². The zero-order chi connectivity index (χ0) is 23.4. The van der Waals surface area contributed by atoms with Crippen molar-refractivity contribution in [3.63, 3.8) is 0 Å². The Morgan fingerprint density at radius 2 is 1.94 bits per heavy atom. The van der Waals surface area contributed by atoms with Gasteiger partial charge in [0.2, 0.25) is 5.91 Å². The van der Waals surface area contributed by atoms with Gasteiger partial charge in [0.25, 0.3) is 11.8 Å². The first-order valence-corrected chi connectivity index (χ1v) is 11.2. The van der Waals surface area contributed by atoms with Crippen LogP contribution in [0.5, 0.6) is 0 Å². The van der Waals surface area contributed by atoms with Crippen LogP contribution in [0.3, 0.4) is 0 Å². The lowest BCUT2D eigenvalue weighted by atomic mass is 9.93. The third kappa shape index (κ3) is 4.83. The summed E-state index contributed by atoms with van der Waals surface area (Å²) >= 11 is 0. The highest BCUT2D eigenvalue weighted by Gasteiger charge is 2.40. The van der Waals surface area contributed by atoms with Crippen LogP contribution in [-0.2, 0) is 25.7 Å². The van der Waals surface area contributed by atoms with E-state index in [9.17, 15) is 19.2 Å². The highest BCUT2D eigenvalue weighted by molar-refractivity contribution is 6.31. The SMILES string of the molecule is COCCNC(=O)Cn1cc(C=C2C(=O)NC(=O)N(C3CCCCC3)C2=O)c2ccccc21. The first kappa shape index (κ1) is 22.7. The van der Waals surface area contributed by atoms with Crippen molar-refractivity contribution in [2.24, 2.45) is 0 Å². The summed E-state index contributed by atoms with van der Waals surface area (Å²) in [5, 5.41) is 5.91. The number of nitrogens with one attached hydrogen (secondary N) is 2. The fourth-order valence-electron chi connectivity index (χ4n) is 4.52. The molecular weight excluding hydrogens is 424 g/mol. The van der Waals surface area contributed by atoms with E-state index in [1.807, 2.05) is 24.3 Å². The lowest BCUT2D eigenvalue weighted by Crippen LogP contribution is -2.58. The zero-order valence-electron chi connectivity index (χ0n) is 18.6. The summed E-state index contributed by atoms with van der Waals surface area (Å²) in [7, 11) is 1.57. The Morgan fingerprint density at radius 3 is 2.70 bits per heavy atom. The monoisotopic (exact) mass is 452 g/mol. The van der Waals surface area contributed by atoms with Crippen molar-refractivity contribution in [3.05, 3.63) is 41.6 Å². The van der Waals surface area contributed by atoms with E-state index < -0.39 is 17.8 Å². The summed E-state index contributed by atoms with van der Waals surface area (Å²) < 4.78 is 6.73. The number of barbiturate groups is 1. The first-order valence-electron chi connectivity index (χ1n) is 11.2. The highest BCUT2D eigenvalue weighted by Crippen LogP contribution is 2.28. The van der Waals surface area contributed by atoms with Crippen LogP contribution < -0.4 is 10.6 Å². The number of methoxy groups -OCH3 is 1. The molecule has 0 atom stereocenters. The Hall–Kier alpha value is -3.46. The van der Waals surface area contributed by atoms with E-state index in [0.717, 1.165) is 43.0 Å². The topological polar surface area (TPSA) is 110 Å². The Labute approximate surface area is 191 Å². The first-order chi connectivity index (χ1) is 16.0. The molecule has 5 amide bonds. The van der Waals surface area contributed by atoms with E-state index in [4.69, 9.17) is 4.74 Å². The summed E-state index contributed by atoms with van der Waals surface area (Å²) in [6.07, 6.45) is 7.75. The van der Waals surface area contributed by atoms with Crippen LogP contribution in [0.25, 0.3) is 17.0 Å². The summed E-state index contributed by atoms with van der Waals surface area (Å²) in [4.78, 5) is 51.8. The van der Waals surface area contributed by atoms with E-state index in [1.165, 1.54) is 11.0 Å². The molecule has 4 rings (SSSR count). The number of rotatable bonds is 7. The second-order valence-electron chi connectivity index (χ2n) is 8.36. The number of carbonyl (C=O) groups is 4. The molecule has 9 heteroatoms. The fraction of sp³-hybridized carbons (Fsp3) is 0.417. The molecule has 2 fully saturated rings. The van der Waals surface area contributed by atoms with Gasteiger partial charge in [-0.25, -0.2) is 4.79 Å². The number of hydrogen-bond donors (Lipinski definition) is 2. The van der Waals surface area contributed by atoms with Gasteiger partial charge < -0.3 is 14.6 Å². The molecular formula is C24H28N4O5. The number of nitrogens with zero attached hydrogens (tertiary/aromatic N) is 2. The predicted octanol–water partition coefficient (Wildman–Crippen LogP) is 2.20. The molecule has 1 aliphatic heterocycles. The van der Waals surface area contributed by atoms with E-state index in [0.29, 0.717) is 18.7 Å². The van der Waals surface area contributed by atoms with Crippen molar-refractivity contribution >= 4 is 40.7 Å². The van der Waals surface area contributed by atoms with Gasteiger partial charge in [0.05, 0.1) is 6.61 Å². The van der Waals surface area contributed by atoms with Crippen molar-refractivity contribution < 1.29 is 23.9 Å². The van der Waals surface area contributed by atoms with E-state index in [-0.39, 0.29) is 24.1 Å². The van der Waals surface area contributed by atoms with Crippen molar-refractivity contribution in [1.82, 2.24) is 20.1 Å². The number of para-hydroxylation sites is 1. The largest absolute Gasteiger partial charge is 0.383 e. The summed E-state index contributed by atoms with van der Waals surface area (Å²) in [6.45, 7) is 0.911.